The van der Waals surface area contributed by atoms with E-state index in [2.05, 4.69) is 36.4 Å². The Bertz CT molecular complexity index is 689. The van der Waals surface area contributed by atoms with Crippen LogP contribution in [-0.2, 0) is 9.53 Å². The van der Waals surface area contributed by atoms with E-state index in [0.717, 1.165) is 0 Å². The van der Waals surface area contributed by atoms with Crippen molar-refractivity contribution in [1.82, 2.24) is 0 Å². The van der Waals surface area contributed by atoms with Crippen LogP contribution >= 0.6 is 7.26 Å². The van der Waals surface area contributed by atoms with Gasteiger partial charge in [-0.1, -0.05) is 0 Å². The molecule has 3 aromatic carbocycles. The molecule has 24 heavy (non-hydrogen) atoms. The fourth-order valence-electron chi connectivity index (χ4n) is 3.26. The van der Waals surface area contributed by atoms with Crippen LogP contribution in [0.3, 0.4) is 0 Å². The van der Waals surface area contributed by atoms with Crippen LogP contribution in [0.2, 0.25) is 0 Å². The molecule has 0 N–H and O–H groups in total. The fraction of sp³-hybridized carbons (Fsp3) is 0.0952. The molecule has 0 fully saturated rings. The van der Waals surface area contributed by atoms with Gasteiger partial charge in [-0.3, -0.25) is 0 Å². The van der Waals surface area contributed by atoms with Crippen LogP contribution in [0.25, 0.3) is 0 Å². The molecule has 0 aliphatic rings. The van der Waals surface area contributed by atoms with Crippen LogP contribution in [0.15, 0.2) is 91.0 Å². The van der Waals surface area contributed by atoms with Crippen LogP contribution in [-0.4, -0.2) is 19.2 Å². The zero-order valence-corrected chi connectivity index (χ0v) is 14.7. The van der Waals surface area contributed by atoms with Gasteiger partial charge >= 0.3 is 143 Å². The van der Waals surface area contributed by atoms with E-state index in [1.165, 1.54) is 23.0 Å². The van der Waals surface area contributed by atoms with Gasteiger partial charge in [-0.15, -0.1) is 0 Å². The minimum absolute atomic E-state index is 0.168. The van der Waals surface area contributed by atoms with Gasteiger partial charge in [0, 0.05) is 0 Å². The summed E-state index contributed by atoms with van der Waals surface area (Å²) in [5.41, 5.74) is 0. The number of hydrogen-bond donors (Lipinski definition) is 0. The zero-order valence-electron chi connectivity index (χ0n) is 13.7. The first-order chi connectivity index (χ1) is 11.8. The normalized spacial score (nSPS) is 11.7. The summed E-state index contributed by atoms with van der Waals surface area (Å²) in [6.45, 7) is 0. The second kappa shape index (κ2) is 7.42. The third-order valence-electron chi connectivity index (χ3n) is 4.44. The SMILES string of the molecule is COC(=O)C[PH](c1ccccc1)(c1ccccc1)c1ccccc1. The first kappa shape index (κ1) is 16.4. The molecule has 0 spiro atoms. The van der Waals surface area contributed by atoms with Crippen LogP contribution in [0, 0.1) is 0 Å². The predicted octanol–water partition coefficient (Wildman–Crippen LogP) is 2.89. The molecule has 0 heterocycles. The van der Waals surface area contributed by atoms with Crippen LogP contribution in [0.1, 0.15) is 0 Å². The Morgan fingerprint density at radius 3 is 1.33 bits per heavy atom. The van der Waals surface area contributed by atoms with E-state index in [9.17, 15) is 4.79 Å². The first-order valence-corrected chi connectivity index (χ1v) is 10.2. The molecule has 0 aliphatic carbocycles. The van der Waals surface area contributed by atoms with E-state index in [1.807, 2.05) is 54.6 Å². The summed E-state index contributed by atoms with van der Waals surface area (Å²) in [5, 5.41) is 3.65. The van der Waals surface area contributed by atoms with Gasteiger partial charge in [0.1, 0.15) is 0 Å². The molecule has 0 unspecified atom stereocenters. The Kier molecular flexibility index (Phi) is 5.08. The Morgan fingerprint density at radius 1 is 0.708 bits per heavy atom. The number of benzene rings is 3. The van der Waals surface area contributed by atoms with Crippen molar-refractivity contribution in [2.45, 2.75) is 0 Å². The van der Waals surface area contributed by atoms with Crippen LogP contribution in [0.5, 0.6) is 0 Å². The Balaban J connectivity index is 2.30. The van der Waals surface area contributed by atoms with Crippen molar-refractivity contribution in [3.8, 4) is 0 Å². The number of rotatable bonds is 5. The number of methoxy groups -OCH3 is 1. The van der Waals surface area contributed by atoms with Crippen molar-refractivity contribution in [2.24, 2.45) is 0 Å². The topological polar surface area (TPSA) is 26.3 Å². The van der Waals surface area contributed by atoms with Gasteiger partial charge in [-0.2, -0.15) is 0 Å². The van der Waals surface area contributed by atoms with Crippen molar-refractivity contribution < 1.29 is 9.53 Å². The van der Waals surface area contributed by atoms with Crippen LogP contribution < -0.4 is 15.9 Å². The first-order valence-electron chi connectivity index (χ1n) is 8.01. The quantitative estimate of drug-likeness (QED) is 0.529. The van der Waals surface area contributed by atoms with Gasteiger partial charge in [-0.25, -0.2) is 0 Å². The van der Waals surface area contributed by atoms with E-state index < -0.39 is 7.26 Å². The molecular weight excluding hydrogens is 315 g/mol. The molecule has 0 saturated carbocycles. The van der Waals surface area contributed by atoms with Crippen molar-refractivity contribution in [2.75, 3.05) is 13.3 Å². The molecule has 0 amide bonds. The maximum atomic E-state index is 12.4. The van der Waals surface area contributed by atoms with E-state index in [0.29, 0.717) is 6.16 Å². The molecule has 3 rings (SSSR count). The van der Waals surface area contributed by atoms with Gasteiger partial charge in [-0.05, 0) is 0 Å². The monoisotopic (exact) mass is 336 g/mol. The molecule has 0 aliphatic heterocycles. The van der Waals surface area contributed by atoms with Crippen molar-refractivity contribution in [1.29, 1.82) is 0 Å². The maximum absolute atomic E-state index is 12.4. The second-order valence-corrected chi connectivity index (χ2v) is 9.65. The number of carbonyl (C=O) groups excluding carboxylic acids is 1. The number of ether oxygens (including phenoxy) is 1. The molecule has 3 heteroatoms. The van der Waals surface area contributed by atoms with E-state index >= 15 is 0 Å². The molecule has 0 radical (unpaired) electrons. The van der Waals surface area contributed by atoms with Crippen molar-refractivity contribution in [3.05, 3.63) is 91.0 Å². The molecule has 3 aromatic rings. The summed E-state index contributed by atoms with van der Waals surface area (Å²) in [7, 11) is -1.02. The van der Waals surface area contributed by atoms with Crippen molar-refractivity contribution >= 4 is 29.1 Å². The van der Waals surface area contributed by atoms with Crippen molar-refractivity contribution in [3.63, 3.8) is 0 Å². The van der Waals surface area contributed by atoms with Gasteiger partial charge in [0.15, 0.2) is 0 Å². The summed E-state index contributed by atoms with van der Waals surface area (Å²) in [4.78, 5) is 12.4. The molecule has 122 valence electrons. The van der Waals surface area contributed by atoms with E-state index in [-0.39, 0.29) is 5.97 Å². The average Bonchev–Trinajstić information content (AvgIpc) is 2.68. The Morgan fingerprint density at radius 2 is 1.04 bits per heavy atom. The molecule has 0 atom stereocenters. The van der Waals surface area contributed by atoms with Gasteiger partial charge in [0.05, 0.1) is 0 Å². The molecule has 0 saturated heterocycles. The van der Waals surface area contributed by atoms with Crippen LogP contribution in [0.4, 0.5) is 0 Å². The summed E-state index contributed by atoms with van der Waals surface area (Å²) < 4.78 is 5.07. The van der Waals surface area contributed by atoms with Gasteiger partial charge in [0.25, 0.3) is 0 Å². The summed E-state index contributed by atoms with van der Waals surface area (Å²) in [5.74, 6) is -0.168. The second-order valence-electron chi connectivity index (χ2n) is 5.76. The third kappa shape index (κ3) is 3.11. The third-order valence-corrected chi connectivity index (χ3v) is 9.21. The zero-order chi connectivity index (χ0) is 16.8. The van der Waals surface area contributed by atoms with Gasteiger partial charge in [0.2, 0.25) is 0 Å². The Labute approximate surface area is 143 Å². The Hall–Kier alpha value is -2.44. The predicted molar refractivity (Wildman–Crippen MR) is 103 cm³/mol. The summed E-state index contributed by atoms with van der Waals surface area (Å²) in [6, 6.07) is 31.1. The number of carbonyl (C=O) groups is 1. The van der Waals surface area contributed by atoms with Gasteiger partial charge < -0.3 is 0 Å². The summed E-state index contributed by atoms with van der Waals surface area (Å²) in [6.07, 6.45) is 0.390. The average molecular weight is 336 g/mol. The molecular formula is C21H21O2P. The fourth-order valence-corrected chi connectivity index (χ4v) is 7.74. The van der Waals surface area contributed by atoms with E-state index in [1.54, 1.807) is 0 Å². The standard InChI is InChI=1S/C21H21O2P/c1-23-21(22)17-24(18-11-5-2-6-12-18,19-13-7-3-8-14-19)20-15-9-4-10-16-20/h2-16,24H,17H2,1H3. The molecule has 0 bridgehead atoms. The minimum atomic E-state index is -2.48. The number of hydrogen-bond acceptors (Lipinski definition) is 2. The number of esters is 1. The van der Waals surface area contributed by atoms with E-state index in [4.69, 9.17) is 4.74 Å². The molecule has 0 aromatic heterocycles. The molecule has 2 nitrogen and oxygen atoms in total. The summed E-state index contributed by atoms with van der Waals surface area (Å²) >= 11 is 0.